The van der Waals surface area contributed by atoms with Gasteiger partial charge in [-0.2, -0.15) is 9.03 Å². The van der Waals surface area contributed by atoms with Crippen LogP contribution in [0.2, 0.25) is 0 Å². The molecule has 1 aliphatic heterocycles. The first-order valence-electron chi connectivity index (χ1n) is 12.8. The van der Waals surface area contributed by atoms with Gasteiger partial charge in [-0.1, -0.05) is 42.5 Å². The highest BCUT2D eigenvalue weighted by atomic mass is 32.2. The maximum absolute atomic E-state index is 13.3. The van der Waals surface area contributed by atoms with E-state index in [1.807, 2.05) is 30.3 Å². The number of nitrogens with zero attached hydrogens (tertiary/aromatic N) is 1. The average molecular weight is 588 g/mol. The van der Waals surface area contributed by atoms with Crippen molar-refractivity contribution in [3.8, 4) is 11.5 Å². The molecule has 3 aromatic carbocycles. The zero-order valence-electron chi connectivity index (χ0n) is 22.4. The van der Waals surface area contributed by atoms with Crippen LogP contribution in [-0.4, -0.2) is 60.4 Å². The molecule has 40 heavy (non-hydrogen) atoms. The first-order valence-corrected chi connectivity index (χ1v) is 15.7. The Bertz CT molecular complexity index is 1520. The summed E-state index contributed by atoms with van der Waals surface area (Å²) >= 11 is 0. The molecule has 1 saturated heterocycles. The molecular formula is C28H33N3O7S2. The van der Waals surface area contributed by atoms with E-state index in [0.29, 0.717) is 24.4 Å². The number of ether oxygens (including phenoxy) is 2. The molecule has 214 valence electrons. The van der Waals surface area contributed by atoms with Gasteiger partial charge in [0.2, 0.25) is 26.0 Å². The summed E-state index contributed by atoms with van der Waals surface area (Å²) in [5, 5.41) is 2.78. The van der Waals surface area contributed by atoms with Crippen LogP contribution in [0, 0.1) is 0 Å². The Kier molecular flexibility index (Phi) is 9.46. The molecule has 0 spiro atoms. The summed E-state index contributed by atoms with van der Waals surface area (Å²) < 4.78 is 66.5. The molecule has 4 rings (SSSR count). The van der Waals surface area contributed by atoms with Crippen molar-refractivity contribution in [1.29, 1.82) is 0 Å². The summed E-state index contributed by atoms with van der Waals surface area (Å²) in [6.07, 6.45) is 1.82. The predicted octanol–water partition coefficient (Wildman–Crippen LogP) is 2.69. The minimum atomic E-state index is -4.11. The quantitative estimate of drug-likeness (QED) is 0.333. The molecule has 0 aromatic heterocycles. The molecule has 0 aliphatic carbocycles. The second-order valence-corrected chi connectivity index (χ2v) is 13.0. The third kappa shape index (κ3) is 7.00. The Morgan fingerprint density at radius 2 is 1.45 bits per heavy atom. The number of nitrogens with one attached hydrogen (secondary N) is 2. The van der Waals surface area contributed by atoms with Crippen LogP contribution in [0.4, 0.5) is 0 Å². The van der Waals surface area contributed by atoms with Crippen molar-refractivity contribution in [2.45, 2.75) is 41.6 Å². The zero-order valence-corrected chi connectivity index (χ0v) is 24.0. The van der Waals surface area contributed by atoms with Crippen LogP contribution < -0.4 is 19.5 Å². The minimum Gasteiger partial charge on any atom is -0.493 e. The lowest BCUT2D eigenvalue weighted by molar-refractivity contribution is -0.122. The molecule has 1 atom stereocenters. The van der Waals surface area contributed by atoms with Crippen LogP contribution in [0.5, 0.6) is 11.5 Å². The number of methoxy groups -OCH3 is 2. The lowest BCUT2D eigenvalue weighted by Gasteiger charge is -2.20. The number of sulfonamides is 2. The summed E-state index contributed by atoms with van der Waals surface area (Å²) in [6, 6.07) is 18.5. The monoisotopic (exact) mass is 587 g/mol. The number of hydrogen-bond acceptors (Lipinski definition) is 7. The second-order valence-electron chi connectivity index (χ2n) is 9.35. The lowest BCUT2D eigenvalue weighted by atomic mass is 10.1. The van der Waals surface area contributed by atoms with Crippen molar-refractivity contribution in [1.82, 2.24) is 14.3 Å². The lowest BCUT2D eigenvalue weighted by Crippen LogP contribution is -2.47. The van der Waals surface area contributed by atoms with Gasteiger partial charge in [-0.05, 0) is 54.7 Å². The van der Waals surface area contributed by atoms with Gasteiger partial charge >= 0.3 is 0 Å². The largest absolute Gasteiger partial charge is 0.493 e. The van der Waals surface area contributed by atoms with E-state index in [9.17, 15) is 21.6 Å². The molecule has 12 heteroatoms. The highest BCUT2D eigenvalue weighted by Gasteiger charge is 2.28. The average Bonchev–Trinajstić information content (AvgIpc) is 3.52. The summed E-state index contributed by atoms with van der Waals surface area (Å²) in [5.41, 5.74) is 1.45. The summed E-state index contributed by atoms with van der Waals surface area (Å²) in [6.45, 7) is 1.12. The molecule has 0 bridgehead atoms. The maximum Gasteiger partial charge on any atom is 0.243 e. The van der Waals surface area contributed by atoms with Crippen molar-refractivity contribution in [2.24, 2.45) is 0 Å². The SMILES string of the molecule is COc1ccc(S(=O)(=O)N[C@@H](Cc2ccccc2)C(=O)NCc2ccc(S(=O)(=O)N3CCCC3)cc2)cc1OC. The normalized spacial score (nSPS) is 14.9. The molecule has 1 heterocycles. The predicted molar refractivity (Wildman–Crippen MR) is 150 cm³/mol. The van der Waals surface area contributed by atoms with Crippen LogP contribution in [0.1, 0.15) is 24.0 Å². The van der Waals surface area contributed by atoms with Crippen LogP contribution in [0.3, 0.4) is 0 Å². The van der Waals surface area contributed by atoms with E-state index in [-0.39, 0.29) is 28.5 Å². The zero-order chi connectivity index (χ0) is 28.8. The maximum atomic E-state index is 13.3. The summed E-state index contributed by atoms with van der Waals surface area (Å²) in [7, 11) is -4.80. The van der Waals surface area contributed by atoms with Crippen LogP contribution in [0.15, 0.2) is 82.6 Å². The van der Waals surface area contributed by atoms with Crippen molar-refractivity contribution < 1.29 is 31.1 Å². The van der Waals surface area contributed by atoms with Crippen molar-refractivity contribution in [3.05, 3.63) is 83.9 Å². The van der Waals surface area contributed by atoms with Gasteiger partial charge in [-0.15, -0.1) is 0 Å². The number of hydrogen-bond donors (Lipinski definition) is 2. The molecule has 0 saturated carbocycles. The van der Waals surface area contributed by atoms with Crippen LogP contribution in [-0.2, 0) is 37.8 Å². The van der Waals surface area contributed by atoms with E-state index in [4.69, 9.17) is 9.47 Å². The first-order chi connectivity index (χ1) is 19.1. The Hall–Kier alpha value is -3.45. The Morgan fingerprint density at radius 1 is 0.825 bits per heavy atom. The van der Waals surface area contributed by atoms with Crippen LogP contribution in [0.25, 0.3) is 0 Å². The summed E-state index contributed by atoms with van der Waals surface area (Å²) in [4.78, 5) is 13.4. The topological polar surface area (TPSA) is 131 Å². The highest BCUT2D eigenvalue weighted by molar-refractivity contribution is 7.89. The van der Waals surface area contributed by atoms with E-state index in [1.54, 1.807) is 12.1 Å². The van der Waals surface area contributed by atoms with Gasteiger partial charge in [0.25, 0.3) is 0 Å². The van der Waals surface area contributed by atoms with Crippen molar-refractivity contribution >= 4 is 26.0 Å². The molecule has 1 fully saturated rings. The third-order valence-corrected chi connectivity index (χ3v) is 10.0. The molecular weight excluding hydrogens is 554 g/mol. The van der Waals surface area contributed by atoms with E-state index in [0.717, 1.165) is 18.4 Å². The molecule has 0 radical (unpaired) electrons. The Labute approximate surface area is 235 Å². The van der Waals surface area contributed by atoms with Gasteiger partial charge in [-0.3, -0.25) is 4.79 Å². The van der Waals surface area contributed by atoms with Crippen molar-refractivity contribution in [2.75, 3.05) is 27.3 Å². The minimum absolute atomic E-state index is 0.0780. The molecule has 1 aliphatic rings. The van der Waals surface area contributed by atoms with Gasteiger partial charge in [0.1, 0.15) is 6.04 Å². The van der Waals surface area contributed by atoms with E-state index in [2.05, 4.69) is 10.0 Å². The van der Waals surface area contributed by atoms with Gasteiger partial charge < -0.3 is 14.8 Å². The Balaban J connectivity index is 1.49. The highest BCUT2D eigenvalue weighted by Crippen LogP contribution is 2.29. The molecule has 0 unspecified atom stereocenters. The fourth-order valence-electron chi connectivity index (χ4n) is 4.45. The fraction of sp³-hybridized carbons (Fsp3) is 0.321. The smallest absolute Gasteiger partial charge is 0.243 e. The Morgan fingerprint density at radius 3 is 2.08 bits per heavy atom. The first kappa shape index (κ1) is 29.5. The van der Waals surface area contributed by atoms with Gasteiger partial charge in [0, 0.05) is 25.7 Å². The number of rotatable bonds is 12. The van der Waals surface area contributed by atoms with E-state index in [1.165, 1.54) is 48.9 Å². The molecule has 2 N–H and O–H groups in total. The number of carbonyl (C=O) groups is 1. The van der Waals surface area contributed by atoms with Gasteiger partial charge in [0.05, 0.1) is 24.0 Å². The summed E-state index contributed by atoms with van der Waals surface area (Å²) in [5.74, 6) is 0.0885. The number of amides is 1. The van der Waals surface area contributed by atoms with E-state index >= 15 is 0 Å². The fourth-order valence-corrected chi connectivity index (χ4v) is 7.17. The van der Waals surface area contributed by atoms with E-state index < -0.39 is 32.0 Å². The van der Waals surface area contributed by atoms with Gasteiger partial charge in [0.15, 0.2) is 11.5 Å². The molecule has 3 aromatic rings. The third-order valence-electron chi connectivity index (χ3n) is 6.65. The number of carbonyl (C=O) groups excluding carboxylic acids is 1. The second kappa shape index (κ2) is 12.8. The standard InChI is InChI=1S/C28H33N3O7S2/c1-37-26-15-14-24(19-27(26)38-2)39(33,34)30-25(18-21-8-4-3-5-9-21)28(32)29-20-22-10-12-23(13-11-22)40(35,36)31-16-6-7-17-31/h3-5,8-15,19,25,30H,6-7,16-18,20H2,1-2H3,(H,29,32)/t25-/m0/s1. The van der Waals surface area contributed by atoms with Crippen molar-refractivity contribution in [3.63, 3.8) is 0 Å². The van der Waals surface area contributed by atoms with Crippen LogP contribution >= 0.6 is 0 Å². The number of benzene rings is 3. The molecule has 10 nitrogen and oxygen atoms in total. The van der Waals surface area contributed by atoms with Gasteiger partial charge in [-0.25, -0.2) is 16.8 Å². The molecule has 1 amide bonds.